The minimum Gasteiger partial charge on any atom is -0.378 e. The Hall–Kier alpha value is -1.45. The maximum atomic E-state index is 12.5. The van der Waals surface area contributed by atoms with E-state index in [9.17, 15) is 13.2 Å². The van der Waals surface area contributed by atoms with Gasteiger partial charge in [0.25, 0.3) is 0 Å². The molecule has 0 fully saturated rings. The molecule has 1 N–H and O–H groups in total. The van der Waals surface area contributed by atoms with Crippen LogP contribution in [0.15, 0.2) is 24.3 Å². The lowest BCUT2D eigenvalue weighted by molar-refractivity contribution is -0.137. The van der Waals surface area contributed by atoms with Gasteiger partial charge in [-0.25, -0.2) is 0 Å². The van der Waals surface area contributed by atoms with Crippen molar-refractivity contribution >= 4 is 11.8 Å². The van der Waals surface area contributed by atoms with Crippen LogP contribution in [0.25, 0.3) is 6.08 Å². The summed E-state index contributed by atoms with van der Waals surface area (Å²) in [4.78, 5) is 0. The van der Waals surface area contributed by atoms with E-state index < -0.39 is 11.7 Å². The molecule has 0 aliphatic carbocycles. The van der Waals surface area contributed by atoms with Crippen LogP contribution in [0.2, 0.25) is 0 Å². The highest BCUT2D eigenvalue weighted by molar-refractivity contribution is 5.71. The first-order valence-corrected chi connectivity index (χ1v) is 5.16. The molecule has 1 atom stereocenters. The highest BCUT2D eigenvalue weighted by Crippen LogP contribution is 2.33. The molecule has 0 spiro atoms. The summed E-state index contributed by atoms with van der Waals surface area (Å²) in [6, 6.07) is 3.98. The van der Waals surface area contributed by atoms with Crippen LogP contribution in [0.5, 0.6) is 0 Å². The number of benzene rings is 1. The molecular weight excluding hydrogens is 215 g/mol. The highest BCUT2D eigenvalue weighted by atomic mass is 19.4. The van der Waals surface area contributed by atoms with Gasteiger partial charge >= 0.3 is 6.18 Å². The van der Waals surface area contributed by atoms with Crippen molar-refractivity contribution in [3.63, 3.8) is 0 Å². The Morgan fingerprint density at radius 2 is 2.06 bits per heavy atom. The van der Waals surface area contributed by atoms with E-state index in [1.165, 1.54) is 12.1 Å². The van der Waals surface area contributed by atoms with E-state index in [0.29, 0.717) is 5.56 Å². The summed E-state index contributed by atoms with van der Waals surface area (Å²) in [5, 5.41) is 3.17. The summed E-state index contributed by atoms with van der Waals surface area (Å²) in [5.74, 6) is 0. The molecule has 2 rings (SSSR count). The molecule has 86 valence electrons. The maximum Gasteiger partial charge on any atom is 0.416 e. The minimum absolute atomic E-state index is 0.212. The monoisotopic (exact) mass is 227 g/mol. The van der Waals surface area contributed by atoms with E-state index in [1.807, 2.05) is 13.0 Å². The molecule has 0 bridgehead atoms. The molecule has 1 aliphatic rings. The van der Waals surface area contributed by atoms with Gasteiger partial charge in [0.05, 0.1) is 5.56 Å². The Labute approximate surface area is 92.0 Å². The molecule has 1 nitrogen and oxygen atoms in total. The topological polar surface area (TPSA) is 12.0 Å². The zero-order valence-corrected chi connectivity index (χ0v) is 8.81. The highest BCUT2D eigenvalue weighted by Gasteiger charge is 2.31. The van der Waals surface area contributed by atoms with E-state index in [0.717, 1.165) is 18.2 Å². The lowest BCUT2D eigenvalue weighted by atomic mass is 10.0. The van der Waals surface area contributed by atoms with Crippen molar-refractivity contribution < 1.29 is 13.2 Å². The second-order valence-electron chi connectivity index (χ2n) is 3.82. The van der Waals surface area contributed by atoms with E-state index in [1.54, 1.807) is 6.08 Å². The molecule has 0 aromatic heterocycles. The van der Waals surface area contributed by atoms with Crippen molar-refractivity contribution in [2.24, 2.45) is 0 Å². The zero-order valence-electron chi connectivity index (χ0n) is 8.81. The second-order valence-corrected chi connectivity index (χ2v) is 3.82. The Bertz CT molecular complexity index is 421. The van der Waals surface area contributed by atoms with Gasteiger partial charge in [0.15, 0.2) is 0 Å². The molecule has 0 saturated heterocycles. The van der Waals surface area contributed by atoms with Crippen LogP contribution in [-0.2, 0) is 6.18 Å². The second kappa shape index (κ2) is 3.85. The predicted octanol–water partition coefficient (Wildman–Crippen LogP) is 3.92. The van der Waals surface area contributed by atoms with Gasteiger partial charge in [0, 0.05) is 11.7 Å². The van der Waals surface area contributed by atoms with Crippen LogP contribution in [0.4, 0.5) is 18.9 Å². The average Bonchev–Trinajstić information content (AvgIpc) is 2.26. The molecule has 0 saturated carbocycles. The predicted molar refractivity (Wildman–Crippen MR) is 58.2 cm³/mol. The van der Waals surface area contributed by atoms with Gasteiger partial charge in [-0.2, -0.15) is 13.2 Å². The fraction of sp³-hybridized carbons (Fsp3) is 0.333. The van der Waals surface area contributed by atoms with Crippen molar-refractivity contribution in [2.45, 2.75) is 25.6 Å². The average molecular weight is 227 g/mol. The third-order valence-corrected chi connectivity index (χ3v) is 2.67. The molecule has 0 radical (unpaired) electrons. The third-order valence-electron chi connectivity index (χ3n) is 2.67. The number of fused-ring (bicyclic) bond motifs is 1. The zero-order chi connectivity index (χ0) is 11.8. The Morgan fingerprint density at radius 3 is 2.69 bits per heavy atom. The van der Waals surface area contributed by atoms with Gasteiger partial charge in [-0.1, -0.05) is 19.1 Å². The molecule has 1 aliphatic heterocycles. The van der Waals surface area contributed by atoms with Gasteiger partial charge in [-0.3, -0.25) is 0 Å². The number of hydrogen-bond donors (Lipinski definition) is 1. The number of halogens is 3. The van der Waals surface area contributed by atoms with Gasteiger partial charge < -0.3 is 5.32 Å². The number of alkyl halides is 3. The van der Waals surface area contributed by atoms with E-state index in [4.69, 9.17) is 0 Å². The van der Waals surface area contributed by atoms with Crippen LogP contribution in [0.1, 0.15) is 24.5 Å². The molecule has 1 aromatic carbocycles. The summed E-state index contributed by atoms with van der Waals surface area (Å²) in [5.41, 5.74) is 0.759. The van der Waals surface area contributed by atoms with Crippen LogP contribution in [0, 0.1) is 0 Å². The summed E-state index contributed by atoms with van der Waals surface area (Å²) in [7, 11) is 0. The lowest BCUT2D eigenvalue weighted by Gasteiger charge is -2.22. The molecule has 0 amide bonds. The molecule has 4 heteroatoms. The Kier molecular flexibility index (Phi) is 2.66. The smallest absolute Gasteiger partial charge is 0.378 e. The van der Waals surface area contributed by atoms with Gasteiger partial charge in [0.1, 0.15) is 0 Å². The molecule has 0 unspecified atom stereocenters. The largest absolute Gasteiger partial charge is 0.416 e. The number of hydrogen-bond acceptors (Lipinski definition) is 1. The van der Waals surface area contributed by atoms with Gasteiger partial charge in [0.2, 0.25) is 0 Å². The van der Waals surface area contributed by atoms with Crippen LogP contribution in [-0.4, -0.2) is 6.04 Å². The number of anilines is 1. The van der Waals surface area contributed by atoms with E-state index in [-0.39, 0.29) is 6.04 Å². The number of nitrogens with one attached hydrogen (secondary N) is 1. The van der Waals surface area contributed by atoms with Crippen molar-refractivity contribution in [1.29, 1.82) is 0 Å². The summed E-state index contributed by atoms with van der Waals surface area (Å²) >= 11 is 0. The Morgan fingerprint density at radius 1 is 1.31 bits per heavy atom. The maximum absolute atomic E-state index is 12.5. The van der Waals surface area contributed by atoms with Crippen molar-refractivity contribution in [1.82, 2.24) is 0 Å². The fourth-order valence-electron chi connectivity index (χ4n) is 1.71. The first-order chi connectivity index (χ1) is 7.50. The normalized spacial score (nSPS) is 19.1. The van der Waals surface area contributed by atoms with Gasteiger partial charge in [-0.15, -0.1) is 0 Å². The summed E-state index contributed by atoms with van der Waals surface area (Å²) in [6.07, 6.45) is 0.277. The minimum atomic E-state index is -4.27. The standard InChI is InChI=1S/C12H12F3N/c1-2-10-5-3-8-7-9(12(13,14)15)4-6-11(8)16-10/h3-7,10,16H,2H2,1H3/t10-/m1/s1. The first-order valence-electron chi connectivity index (χ1n) is 5.16. The van der Waals surface area contributed by atoms with Gasteiger partial charge in [-0.05, 0) is 30.2 Å². The van der Waals surface area contributed by atoms with E-state index >= 15 is 0 Å². The molecule has 16 heavy (non-hydrogen) atoms. The summed E-state index contributed by atoms with van der Waals surface area (Å²) in [6.45, 7) is 2.02. The number of rotatable bonds is 1. The van der Waals surface area contributed by atoms with Crippen LogP contribution >= 0.6 is 0 Å². The molecule has 1 heterocycles. The molecular formula is C12H12F3N. The summed E-state index contributed by atoms with van der Waals surface area (Å²) < 4.78 is 37.4. The van der Waals surface area contributed by atoms with Crippen molar-refractivity contribution in [2.75, 3.05) is 5.32 Å². The van der Waals surface area contributed by atoms with Crippen molar-refractivity contribution in [3.8, 4) is 0 Å². The fourth-order valence-corrected chi connectivity index (χ4v) is 1.71. The quantitative estimate of drug-likeness (QED) is 0.766. The van der Waals surface area contributed by atoms with Crippen molar-refractivity contribution in [3.05, 3.63) is 35.4 Å². The molecule has 1 aromatic rings. The Balaban J connectivity index is 2.35. The first kappa shape index (κ1) is 11.0. The lowest BCUT2D eigenvalue weighted by Crippen LogP contribution is -2.19. The van der Waals surface area contributed by atoms with Crippen LogP contribution in [0.3, 0.4) is 0 Å². The van der Waals surface area contributed by atoms with E-state index in [2.05, 4.69) is 5.32 Å². The SMILES string of the molecule is CC[C@@H]1C=Cc2cc(C(F)(F)F)ccc2N1. The van der Waals surface area contributed by atoms with Crippen LogP contribution < -0.4 is 5.32 Å². The third kappa shape index (κ3) is 2.05.